The zero-order valence-corrected chi connectivity index (χ0v) is 12.0. The first-order chi connectivity index (χ1) is 10.1. The van der Waals surface area contributed by atoms with E-state index in [0.29, 0.717) is 11.3 Å². The largest absolute Gasteiger partial charge is 0.875 e. The summed E-state index contributed by atoms with van der Waals surface area (Å²) in [6, 6.07) is 7.07. The minimum atomic E-state index is -0.647. The van der Waals surface area contributed by atoms with E-state index in [9.17, 15) is 14.7 Å². The number of esters is 1. The number of hydrogen-bond acceptors (Lipinski definition) is 5. The second-order valence-electron chi connectivity index (χ2n) is 4.77. The van der Waals surface area contributed by atoms with E-state index in [0.717, 1.165) is 0 Å². The van der Waals surface area contributed by atoms with Crippen molar-refractivity contribution in [1.29, 1.82) is 0 Å². The van der Waals surface area contributed by atoms with Gasteiger partial charge in [0.25, 0.3) is 0 Å². The van der Waals surface area contributed by atoms with Crippen LogP contribution in [-0.2, 0) is 14.3 Å². The second-order valence-corrected chi connectivity index (χ2v) is 4.77. The Morgan fingerprint density at radius 1 is 1.38 bits per heavy atom. The van der Waals surface area contributed by atoms with Gasteiger partial charge in [0.15, 0.2) is 0 Å². The van der Waals surface area contributed by atoms with Crippen LogP contribution in [0.4, 0.5) is 0 Å². The molecule has 0 spiro atoms. The Bertz CT molecular complexity index is 588. The number of para-hydroxylation sites is 1. The van der Waals surface area contributed by atoms with Crippen molar-refractivity contribution in [3.05, 3.63) is 41.2 Å². The van der Waals surface area contributed by atoms with Gasteiger partial charge in [-0.3, -0.25) is 4.79 Å². The van der Waals surface area contributed by atoms with E-state index in [-0.39, 0.29) is 30.8 Å². The van der Waals surface area contributed by atoms with Crippen LogP contribution < -0.4 is 9.84 Å². The third-order valence-corrected chi connectivity index (χ3v) is 3.45. The molecule has 112 valence electrons. The fourth-order valence-corrected chi connectivity index (χ4v) is 2.56. The third-order valence-electron chi connectivity index (χ3n) is 3.45. The van der Waals surface area contributed by atoms with Crippen molar-refractivity contribution >= 4 is 11.8 Å². The van der Waals surface area contributed by atoms with Gasteiger partial charge < -0.3 is 14.6 Å². The summed E-state index contributed by atoms with van der Waals surface area (Å²) in [5, 5.41) is 12.1. The normalized spacial score (nSPS) is 18.6. The van der Waals surface area contributed by atoms with E-state index in [4.69, 9.17) is 9.47 Å². The smallest absolute Gasteiger partial charge is 0.333 e. The molecule has 1 aromatic rings. The Balaban J connectivity index is 2.50. The van der Waals surface area contributed by atoms with Crippen molar-refractivity contribution in [2.24, 2.45) is 0 Å². The number of benzene rings is 1. The van der Waals surface area contributed by atoms with Gasteiger partial charge in [-0.05, 0) is 13.0 Å². The van der Waals surface area contributed by atoms with Gasteiger partial charge in [0.2, 0.25) is 0 Å². The molecule has 0 N–H and O–H groups in total. The van der Waals surface area contributed by atoms with Crippen molar-refractivity contribution in [3.8, 4) is 5.75 Å². The van der Waals surface area contributed by atoms with E-state index < -0.39 is 17.6 Å². The highest BCUT2D eigenvalue weighted by Crippen LogP contribution is 2.39. The summed E-state index contributed by atoms with van der Waals surface area (Å²) in [6.07, 6.45) is -0.125. The van der Waals surface area contributed by atoms with Gasteiger partial charge in [-0.1, -0.05) is 18.2 Å². The summed E-state index contributed by atoms with van der Waals surface area (Å²) in [5.41, 5.74) is 0.699. The van der Waals surface area contributed by atoms with Gasteiger partial charge in [0, 0.05) is 29.9 Å². The maximum atomic E-state index is 12.1. The molecule has 2 rings (SSSR count). The van der Waals surface area contributed by atoms with Crippen LogP contribution in [0.15, 0.2) is 35.6 Å². The molecule has 0 bridgehead atoms. The number of hydrogen-bond donors (Lipinski definition) is 0. The zero-order valence-electron chi connectivity index (χ0n) is 12.0. The summed E-state index contributed by atoms with van der Waals surface area (Å²) >= 11 is 0. The predicted molar refractivity (Wildman–Crippen MR) is 73.6 cm³/mol. The Labute approximate surface area is 123 Å². The third kappa shape index (κ3) is 3.07. The number of Topliss-reactive ketones (excluding diaryl/α,β-unsaturated/α-hetero) is 1. The van der Waals surface area contributed by atoms with Crippen LogP contribution in [-0.4, -0.2) is 25.5 Å². The monoisotopic (exact) mass is 289 g/mol. The molecule has 1 aliphatic carbocycles. The standard InChI is InChI=1S/C16H18O5/c1-3-21-16(19)15-12(8-10(17)9-13(15)18)11-6-4-5-7-14(11)20-2/h4-7,12,18H,3,8-9H2,1-2H3/p-1. The molecule has 0 saturated carbocycles. The fraction of sp³-hybridized carbons (Fsp3) is 0.375. The average Bonchev–Trinajstić information content (AvgIpc) is 2.46. The van der Waals surface area contributed by atoms with Gasteiger partial charge >= 0.3 is 5.97 Å². The first-order valence-electron chi connectivity index (χ1n) is 6.80. The summed E-state index contributed by atoms with van der Waals surface area (Å²) < 4.78 is 10.2. The highest BCUT2D eigenvalue weighted by molar-refractivity contribution is 5.96. The van der Waals surface area contributed by atoms with Crippen molar-refractivity contribution < 1.29 is 24.2 Å². The molecular formula is C16H17O5-. The van der Waals surface area contributed by atoms with Gasteiger partial charge in [-0.25, -0.2) is 4.79 Å². The van der Waals surface area contributed by atoms with Crippen LogP contribution in [0.25, 0.3) is 0 Å². The Morgan fingerprint density at radius 2 is 2.10 bits per heavy atom. The Kier molecular flexibility index (Phi) is 4.62. The van der Waals surface area contributed by atoms with E-state index in [2.05, 4.69) is 0 Å². The quantitative estimate of drug-likeness (QED) is 0.781. The SMILES string of the molecule is CCOC(=O)C1=C([O-])CC(=O)CC1c1ccccc1OC. The number of allylic oxidation sites excluding steroid dienone is 1. The van der Waals surface area contributed by atoms with E-state index in [1.165, 1.54) is 7.11 Å². The van der Waals surface area contributed by atoms with Crippen LogP contribution >= 0.6 is 0 Å². The molecular weight excluding hydrogens is 272 g/mol. The molecule has 0 fully saturated rings. The molecule has 0 saturated heterocycles. The number of carbonyl (C=O) groups excluding carboxylic acids is 2. The lowest BCUT2D eigenvalue weighted by Gasteiger charge is -2.30. The molecule has 0 heterocycles. The van der Waals surface area contributed by atoms with Crippen molar-refractivity contribution in [2.75, 3.05) is 13.7 Å². The maximum absolute atomic E-state index is 12.1. The minimum Gasteiger partial charge on any atom is -0.875 e. The molecule has 0 amide bonds. The molecule has 1 atom stereocenters. The number of methoxy groups -OCH3 is 1. The average molecular weight is 289 g/mol. The zero-order chi connectivity index (χ0) is 15.4. The van der Waals surface area contributed by atoms with E-state index in [1.807, 2.05) is 0 Å². The maximum Gasteiger partial charge on any atom is 0.333 e. The lowest BCUT2D eigenvalue weighted by Crippen LogP contribution is -2.29. The highest BCUT2D eigenvalue weighted by atomic mass is 16.5. The van der Waals surface area contributed by atoms with Gasteiger partial charge in [-0.2, -0.15) is 0 Å². The first-order valence-corrected chi connectivity index (χ1v) is 6.80. The molecule has 5 nitrogen and oxygen atoms in total. The van der Waals surface area contributed by atoms with Crippen LogP contribution in [0.5, 0.6) is 5.75 Å². The molecule has 0 radical (unpaired) electrons. The Hall–Kier alpha value is -2.30. The van der Waals surface area contributed by atoms with Gasteiger partial charge in [0.05, 0.1) is 13.7 Å². The predicted octanol–water partition coefficient (Wildman–Crippen LogP) is 1.32. The summed E-state index contributed by atoms with van der Waals surface area (Å²) in [4.78, 5) is 23.8. The molecule has 1 aliphatic rings. The van der Waals surface area contributed by atoms with Gasteiger partial charge in [-0.15, -0.1) is 5.76 Å². The summed E-state index contributed by atoms with van der Waals surface area (Å²) in [6.45, 7) is 1.86. The lowest BCUT2D eigenvalue weighted by atomic mass is 9.80. The fourth-order valence-electron chi connectivity index (χ4n) is 2.56. The molecule has 0 aliphatic heterocycles. The number of rotatable bonds is 4. The molecule has 1 unspecified atom stereocenters. The number of carbonyl (C=O) groups is 2. The first kappa shape index (κ1) is 15.1. The number of ketones is 1. The summed E-state index contributed by atoms with van der Waals surface area (Å²) in [5.74, 6) is -1.34. The number of ether oxygens (including phenoxy) is 2. The van der Waals surface area contributed by atoms with E-state index in [1.54, 1.807) is 31.2 Å². The van der Waals surface area contributed by atoms with Crippen molar-refractivity contribution in [3.63, 3.8) is 0 Å². The van der Waals surface area contributed by atoms with E-state index >= 15 is 0 Å². The lowest BCUT2D eigenvalue weighted by molar-refractivity contribution is -0.308. The molecule has 0 aromatic heterocycles. The minimum absolute atomic E-state index is 0.0425. The van der Waals surface area contributed by atoms with Gasteiger partial charge in [0.1, 0.15) is 11.5 Å². The molecule has 1 aromatic carbocycles. The topological polar surface area (TPSA) is 75.7 Å². The van der Waals surface area contributed by atoms with Crippen molar-refractivity contribution in [1.82, 2.24) is 0 Å². The highest BCUT2D eigenvalue weighted by Gasteiger charge is 2.32. The summed E-state index contributed by atoms with van der Waals surface area (Å²) in [7, 11) is 1.51. The van der Waals surface area contributed by atoms with Crippen LogP contribution in [0.1, 0.15) is 31.2 Å². The molecule has 21 heavy (non-hydrogen) atoms. The van der Waals surface area contributed by atoms with Crippen LogP contribution in [0.2, 0.25) is 0 Å². The molecule has 5 heteroatoms. The van der Waals surface area contributed by atoms with Crippen molar-refractivity contribution in [2.45, 2.75) is 25.7 Å². The van der Waals surface area contributed by atoms with Crippen LogP contribution in [0, 0.1) is 0 Å². The van der Waals surface area contributed by atoms with Crippen LogP contribution in [0.3, 0.4) is 0 Å². The Morgan fingerprint density at radius 3 is 2.76 bits per heavy atom. The second kappa shape index (κ2) is 6.43.